The third-order valence-corrected chi connectivity index (χ3v) is 4.56. The van der Waals surface area contributed by atoms with Crippen LogP contribution in [0.2, 0.25) is 0 Å². The predicted octanol–water partition coefficient (Wildman–Crippen LogP) is 6.42. The van der Waals surface area contributed by atoms with Crippen LogP contribution in [0.3, 0.4) is 0 Å². The van der Waals surface area contributed by atoms with Gasteiger partial charge in [0, 0.05) is 24.4 Å². The highest BCUT2D eigenvalue weighted by Crippen LogP contribution is 2.18. The van der Waals surface area contributed by atoms with Crippen LogP contribution in [-0.2, 0) is 4.79 Å². The van der Waals surface area contributed by atoms with Gasteiger partial charge in [-0.25, -0.2) is 0 Å². The first-order valence-electron chi connectivity index (χ1n) is 9.64. The molecule has 146 valence electrons. The minimum atomic E-state index is -0.479. The van der Waals surface area contributed by atoms with Crippen molar-refractivity contribution in [3.8, 4) is 5.75 Å². The highest BCUT2D eigenvalue weighted by molar-refractivity contribution is 6.17. The Morgan fingerprint density at radius 3 is 1.77 bits per heavy atom. The first kappa shape index (κ1) is 22.4. The second-order valence-corrected chi connectivity index (χ2v) is 6.93. The van der Waals surface area contributed by atoms with Crippen LogP contribution in [0.25, 0.3) is 0 Å². The van der Waals surface area contributed by atoms with E-state index in [9.17, 15) is 14.9 Å². The van der Waals surface area contributed by atoms with Crippen molar-refractivity contribution >= 4 is 23.3 Å². The molecule has 0 saturated heterocycles. The molecule has 6 heteroatoms. The quantitative estimate of drug-likeness (QED) is 0.0874. The number of halogens is 1. The second kappa shape index (κ2) is 14.5. The van der Waals surface area contributed by atoms with E-state index in [0.29, 0.717) is 12.2 Å². The fourth-order valence-corrected chi connectivity index (χ4v) is 2.96. The Hall–Kier alpha value is -1.62. The summed E-state index contributed by atoms with van der Waals surface area (Å²) in [5, 5.41) is 10.6. The Bertz CT molecular complexity index is 519. The van der Waals surface area contributed by atoms with Crippen molar-refractivity contribution in [3.05, 3.63) is 34.4 Å². The van der Waals surface area contributed by atoms with E-state index in [-0.39, 0.29) is 11.7 Å². The van der Waals surface area contributed by atoms with Crippen LogP contribution in [0.4, 0.5) is 5.69 Å². The molecule has 0 fully saturated rings. The predicted molar refractivity (Wildman–Crippen MR) is 105 cm³/mol. The third kappa shape index (κ3) is 11.1. The molecule has 1 aromatic rings. The van der Waals surface area contributed by atoms with Gasteiger partial charge in [-0.1, -0.05) is 57.8 Å². The van der Waals surface area contributed by atoms with E-state index in [1.807, 2.05) is 0 Å². The van der Waals surface area contributed by atoms with Gasteiger partial charge in [0.2, 0.25) is 0 Å². The second-order valence-electron chi connectivity index (χ2n) is 6.55. The van der Waals surface area contributed by atoms with Gasteiger partial charge in [-0.05, 0) is 25.0 Å². The monoisotopic (exact) mass is 383 g/mol. The van der Waals surface area contributed by atoms with Crippen LogP contribution >= 0.6 is 11.6 Å². The van der Waals surface area contributed by atoms with E-state index in [2.05, 4.69) is 0 Å². The zero-order valence-corrected chi connectivity index (χ0v) is 16.2. The minimum absolute atomic E-state index is 0.0138. The number of hydrogen-bond acceptors (Lipinski definition) is 4. The molecule has 26 heavy (non-hydrogen) atoms. The molecule has 1 aromatic carbocycles. The van der Waals surface area contributed by atoms with Gasteiger partial charge >= 0.3 is 5.97 Å². The van der Waals surface area contributed by atoms with Crippen LogP contribution in [-0.4, -0.2) is 16.8 Å². The van der Waals surface area contributed by atoms with Gasteiger partial charge in [0.05, 0.1) is 4.92 Å². The number of carbonyl (C=O) groups is 1. The van der Waals surface area contributed by atoms with Crippen LogP contribution in [0.1, 0.15) is 77.0 Å². The maximum absolute atomic E-state index is 11.7. The van der Waals surface area contributed by atoms with E-state index in [1.54, 1.807) is 0 Å². The molecule has 0 amide bonds. The van der Waals surface area contributed by atoms with Gasteiger partial charge in [0.1, 0.15) is 5.75 Å². The van der Waals surface area contributed by atoms with Gasteiger partial charge < -0.3 is 4.74 Å². The Kier molecular flexibility index (Phi) is 12.5. The zero-order valence-electron chi connectivity index (χ0n) is 15.5. The van der Waals surface area contributed by atoms with Gasteiger partial charge in [-0.2, -0.15) is 0 Å². The fraction of sp³-hybridized carbons (Fsp3) is 0.650. The standard InChI is InChI=1S/C20H30ClNO4/c21-17-11-9-7-5-3-1-2-4-6-8-10-12-20(23)26-19-15-13-18(14-16-19)22(24)25/h13-16H,1-12,17H2. The first-order chi connectivity index (χ1) is 12.6. The molecule has 0 aromatic heterocycles. The summed E-state index contributed by atoms with van der Waals surface area (Å²) in [4.78, 5) is 21.8. The lowest BCUT2D eigenvalue weighted by molar-refractivity contribution is -0.384. The van der Waals surface area contributed by atoms with Gasteiger partial charge in [0.15, 0.2) is 0 Å². The molecule has 1 rings (SSSR count). The molecular formula is C20H30ClNO4. The number of non-ortho nitro benzene ring substituents is 1. The molecule has 0 N–H and O–H groups in total. The van der Waals surface area contributed by atoms with Crippen molar-refractivity contribution < 1.29 is 14.5 Å². The number of ether oxygens (including phenoxy) is 1. The number of nitro groups is 1. The Morgan fingerprint density at radius 1 is 0.846 bits per heavy atom. The summed E-state index contributed by atoms with van der Waals surface area (Å²) in [6.07, 6.45) is 13.5. The highest BCUT2D eigenvalue weighted by atomic mass is 35.5. The lowest BCUT2D eigenvalue weighted by atomic mass is 10.1. The van der Waals surface area contributed by atoms with Crippen LogP contribution in [0.15, 0.2) is 24.3 Å². The third-order valence-electron chi connectivity index (χ3n) is 4.29. The number of unbranched alkanes of at least 4 members (excludes halogenated alkanes) is 10. The van der Waals surface area contributed by atoms with Crippen molar-refractivity contribution in [2.75, 3.05) is 5.88 Å². The van der Waals surface area contributed by atoms with Crippen molar-refractivity contribution in [2.45, 2.75) is 77.0 Å². The smallest absolute Gasteiger partial charge is 0.311 e. The summed E-state index contributed by atoms with van der Waals surface area (Å²) in [5.41, 5.74) is -0.0138. The molecule has 0 radical (unpaired) electrons. The van der Waals surface area contributed by atoms with E-state index in [1.165, 1.54) is 69.2 Å². The summed E-state index contributed by atoms with van der Waals surface area (Å²) in [6, 6.07) is 5.57. The molecule has 0 aliphatic rings. The van der Waals surface area contributed by atoms with Crippen LogP contribution in [0, 0.1) is 10.1 Å². The van der Waals surface area contributed by atoms with Crippen LogP contribution < -0.4 is 4.74 Å². The molecule has 5 nitrogen and oxygen atoms in total. The van der Waals surface area contributed by atoms with Crippen molar-refractivity contribution in [2.24, 2.45) is 0 Å². The average molecular weight is 384 g/mol. The van der Waals surface area contributed by atoms with Crippen molar-refractivity contribution in [1.82, 2.24) is 0 Å². The molecule has 0 spiro atoms. The summed E-state index contributed by atoms with van der Waals surface area (Å²) < 4.78 is 5.18. The molecular weight excluding hydrogens is 354 g/mol. The molecule has 0 atom stereocenters. The number of rotatable bonds is 15. The summed E-state index contributed by atoms with van der Waals surface area (Å²) in [6.45, 7) is 0. The zero-order chi connectivity index (χ0) is 19.0. The SMILES string of the molecule is O=C(CCCCCCCCCCCCCCl)Oc1ccc([N+](=O)[O-])cc1. The number of hydrogen-bond donors (Lipinski definition) is 0. The van der Waals surface area contributed by atoms with Crippen molar-refractivity contribution in [3.63, 3.8) is 0 Å². The first-order valence-corrected chi connectivity index (χ1v) is 10.2. The van der Waals surface area contributed by atoms with Gasteiger partial charge in [-0.3, -0.25) is 14.9 Å². The molecule has 0 heterocycles. The Balaban J connectivity index is 1.96. The molecule has 0 aliphatic heterocycles. The number of esters is 1. The lowest BCUT2D eigenvalue weighted by Crippen LogP contribution is -2.07. The fourth-order valence-electron chi connectivity index (χ4n) is 2.77. The topological polar surface area (TPSA) is 69.4 Å². The number of benzene rings is 1. The van der Waals surface area contributed by atoms with E-state index in [0.717, 1.165) is 31.6 Å². The highest BCUT2D eigenvalue weighted by Gasteiger charge is 2.08. The van der Waals surface area contributed by atoms with Crippen LogP contribution in [0.5, 0.6) is 5.75 Å². The molecule has 0 unspecified atom stereocenters. The summed E-state index contributed by atoms with van der Waals surface area (Å²) in [7, 11) is 0. The number of nitro benzene ring substituents is 1. The normalized spacial score (nSPS) is 10.7. The lowest BCUT2D eigenvalue weighted by Gasteiger charge is -2.04. The Labute approximate surface area is 161 Å². The summed E-state index contributed by atoms with van der Waals surface area (Å²) >= 11 is 5.65. The summed E-state index contributed by atoms with van der Waals surface area (Å²) in [5.74, 6) is 0.851. The average Bonchev–Trinajstić information content (AvgIpc) is 2.63. The van der Waals surface area contributed by atoms with E-state index < -0.39 is 4.92 Å². The molecule has 0 saturated carbocycles. The maximum atomic E-state index is 11.7. The van der Waals surface area contributed by atoms with E-state index >= 15 is 0 Å². The molecule has 0 aliphatic carbocycles. The van der Waals surface area contributed by atoms with E-state index in [4.69, 9.17) is 16.3 Å². The largest absolute Gasteiger partial charge is 0.427 e. The number of alkyl halides is 1. The Morgan fingerprint density at radius 2 is 1.31 bits per heavy atom. The molecule has 0 bridgehead atoms. The van der Waals surface area contributed by atoms with Crippen molar-refractivity contribution in [1.29, 1.82) is 0 Å². The van der Waals surface area contributed by atoms with Gasteiger partial charge in [0.25, 0.3) is 5.69 Å². The minimum Gasteiger partial charge on any atom is -0.427 e. The maximum Gasteiger partial charge on any atom is 0.311 e. The number of carbonyl (C=O) groups excluding carboxylic acids is 1. The number of nitrogens with zero attached hydrogens (tertiary/aromatic N) is 1. The van der Waals surface area contributed by atoms with Gasteiger partial charge in [-0.15, -0.1) is 11.6 Å².